The molecule has 0 amide bonds. The van der Waals surface area contributed by atoms with Gasteiger partial charge in [0.2, 0.25) is 0 Å². The highest BCUT2D eigenvalue weighted by molar-refractivity contribution is 6.10. The van der Waals surface area contributed by atoms with Gasteiger partial charge in [-0.1, -0.05) is 369 Å². The van der Waals surface area contributed by atoms with Crippen molar-refractivity contribution in [2.75, 3.05) is 67.4 Å². The molecule has 16 nitrogen and oxygen atoms in total. The lowest BCUT2D eigenvalue weighted by molar-refractivity contribution is -0.583. The van der Waals surface area contributed by atoms with E-state index in [2.05, 4.69) is 427 Å². The number of anilines is 12. The van der Waals surface area contributed by atoms with Crippen LogP contribution in [-0.4, -0.2) is 81.9 Å². The molecule has 0 radical (unpaired) electrons. The van der Waals surface area contributed by atoms with Crippen molar-refractivity contribution in [2.45, 2.75) is 331 Å². The quantitative estimate of drug-likeness (QED) is 0.117. The summed E-state index contributed by atoms with van der Waals surface area (Å²) < 4.78 is 9.11. The van der Waals surface area contributed by atoms with Crippen molar-refractivity contribution >= 4 is 95.8 Å². The van der Waals surface area contributed by atoms with E-state index in [0.29, 0.717) is 12.3 Å². The van der Waals surface area contributed by atoms with Crippen molar-refractivity contribution in [1.29, 1.82) is 0 Å². The highest BCUT2D eigenvalue weighted by Gasteiger charge is 2.37. The summed E-state index contributed by atoms with van der Waals surface area (Å²) in [4.78, 5) is 35.9. The Labute approximate surface area is 883 Å². The number of pyridine rings is 5. The zero-order chi connectivity index (χ0) is 107. The number of rotatable bonds is 6. The predicted molar refractivity (Wildman–Crippen MR) is 652 cm³/mol. The fourth-order valence-electron chi connectivity index (χ4n) is 16.1. The van der Waals surface area contributed by atoms with Gasteiger partial charge >= 0.3 is 0 Å². The predicted octanol–water partition coefficient (Wildman–Crippen LogP) is 37.5. The van der Waals surface area contributed by atoms with E-state index in [0.717, 1.165) is 11.6 Å². The largest absolute Gasteiger partial charge is 0.352 e. The van der Waals surface area contributed by atoms with E-state index in [4.69, 9.17) is 0 Å². The molecule has 4 aliphatic heterocycles. The summed E-state index contributed by atoms with van der Waals surface area (Å²) in [6, 6.07) is 80.5. The smallest absolute Gasteiger partial charge is 0.294 e. The summed E-state index contributed by atoms with van der Waals surface area (Å²) in [5.74, 6) is 3.31. The van der Waals surface area contributed by atoms with E-state index in [9.17, 15) is 0 Å². The summed E-state index contributed by atoms with van der Waals surface area (Å²) >= 11 is 0. The lowest BCUT2D eigenvalue weighted by Gasteiger charge is -2.28. The summed E-state index contributed by atoms with van der Waals surface area (Å²) in [5, 5.41) is 4.00. The average molecular weight is 1970 g/mol. The van der Waals surface area contributed by atoms with Crippen LogP contribution in [0.4, 0.5) is 68.5 Å². The monoisotopic (exact) mass is 1970 g/mol. The van der Waals surface area contributed by atoms with Crippen molar-refractivity contribution in [3.05, 3.63) is 325 Å². The van der Waals surface area contributed by atoms with Crippen LogP contribution in [0.3, 0.4) is 0 Å². The second-order valence-electron chi connectivity index (χ2n) is 29.7. The maximum Gasteiger partial charge on any atom is 0.294 e. The van der Waals surface area contributed by atoms with Gasteiger partial charge in [0, 0.05) is 100 Å². The highest BCUT2D eigenvalue weighted by atomic mass is 15.4. The first kappa shape index (κ1) is 140. The number of fused-ring (bicyclic) bond motifs is 10. The van der Waals surface area contributed by atoms with Crippen LogP contribution >= 0.6 is 0 Å². The molecule has 794 valence electrons. The Morgan fingerprint density at radius 1 is 0.250 bits per heavy atom. The van der Waals surface area contributed by atoms with Gasteiger partial charge in [0.25, 0.3) is 11.5 Å². The van der Waals surface area contributed by atoms with Gasteiger partial charge < -0.3 is 39.2 Å². The number of hydrogen-bond acceptors (Lipinski definition) is 12. The Hall–Kier alpha value is -12.8. The van der Waals surface area contributed by atoms with Gasteiger partial charge in [-0.2, -0.15) is 8.97 Å². The Balaban J connectivity index is -0.000000508. The molecule has 15 aromatic rings. The Kier molecular flexibility index (Phi) is 73.6. The van der Waals surface area contributed by atoms with Gasteiger partial charge in [0.05, 0.1) is 71.6 Å². The second-order valence-corrected chi connectivity index (χ2v) is 29.7. The molecule has 0 spiro atoms. The molecule has 4 aliphatic rings. The fraction of sp³-hybridized carbons (Fsp3) is 0.422. The molecule has 19 rings (SSSR count). The number of benzene rings is 8. The van der Waals surface area contributed by atoms with Gasteiger partial charge in [0.15, 0.2) is 11.6 Å². The number of aryl methyl sites for hydroxylation is 9. The van der Waals surface area contributed by atoms with E-state index in [1.54, 1.807) is 0 Å². The lowest BCUT2D eigenvalue weighted by Crippen LogP contribution is -2.36. The number of aromatic nitrogens is 8. The van der Waals surface area contributed by atoms with Gasteiger partial charge in [-0.3, -0.25) is 9.97 Å². The maximum atomic E-state index is 4.54. The van der Waals surface area contributed by atoms with Crippen LogP contribution in [0.1, 0.15) is 296 Å². The lowest BCUT2D eigenvalue weighted by atomic mass is 10.0. The number of para-hydroxylation sites is 6. The van der Waals surface area contributed by atoms with Gasteiger partial charge in [-0.25, -0.2) is 19.1 Å². The van der Waals surface area contributed by atoms with Crippen LogP contribution < -0.4 is 48.2 Å². The molecule has 144 heavy (non-hydrogen) atoms. The molecular formula is C128H204N16+2. The van der Waals surface area contributed by atoms with Gasteiger partial charge in [-0.15, -0.1) is 0 Å². The third-order valence-electron chi connectivity index (χ3n) is 23.0. The average Bonchev–Trinajstić information content (AvgIpc) is 1.57. The molecule has 0 N–H and O–H groups in total. The first-order chi connectivity index (χ1) is 68.2. The molecule has 0 fully saturated rings. The van der Waals surface area contributed by atoms with E-state index < -0.39 is 0 Å². The van der Waals surface area contributed by atoms with Crippen LogP contribution in [0.25, 0.3) is 44.4 Å². The van der Waals surface area contributed by atoms with E-state index in [1.165, 1.54) is 146 Å². The Bertz CT molecular complexity index is 5450. The minimum absolute atomic E-state index is 0. The molecule has 4 atom stereocenters. The summed E-state index contributed by atoms with van der Waals surface area (Å²) in [6.45, 7) is 82.1. The first-order valence-electron chi connectivity index (χ1n) is 52.7. The zero-order valence-corrected chi connectivity index (χ0v) is 96.0. The summed E-state index contributed by atoms with van der Waals surface area (Å²) in [5.41, 5.74) is 27.5. The van der Waals surface area contributed by atoms with Crippen molar-refractivity contribution in [3.63, 3.8) is 0 Å². The third-order valence-corrected chi connectivity index (χ3v) is 23.0. The molecule has 0 aliphatic carbocycles. The molecule has 11 heterocycles. The number of imidazole rings is 2. The molecule has 0 unspecified atom stereocenters. The Morgan fingerprint density at radius 2 is 0.583 bits per heavy atom. The number of nitrogens with zero attached hydrogens (tertiary/aromatic N) is 16. The summed E-state index contributed by atoms with van der Waals surface area (Å²) in [6.07, 6.45) is 16.9. The SMILES string of the molecule is C.C.C.C.CC.CC.CC.CC.CC.CC.CC.CC.CC.CC.CC.CC.CC.CC.Cc1cccc2c3ccccc3[n+]3cc(C)n(C)c3c12.Cc1ccccc1-c1n(C)c(C)c[n+]1-c1ccccc1.Cc1ccccc1N1c2cccnc2N(C)[C@@H]1C.Cc1ccccc1N1c2ccncc2N(C)[C@@H]1C.Cc1ccccc1N1c2cnccc2N(C)[C@@H]1C.Cc1ccccc1N1c2ncccc2N(C)[C@@H]1C. The highest BCUT2D eigenvalue weighted by Crippen LogP contribution is 2.47. The van der Waals surface area contributed by atoms with Crippen LogP contribution in [0.15, 0.2) is 280 Å². The molecule has 16 heteroatoms. The minimum Gasteiger partial charge on any atom is -0.352 e. The molecule has 8 aromatic carbocycles. The van der Waals surface area contributed by atoms with Crippen LogP contribution in [0.2, 0.25) is 0 Å². The molecule has 0 bridgehead atoms. The first-order valence-corrected chi connectivity index (χ1v) is 52.7. The van der Waals surface area contributed by atoms with E-state index in [1.807, 2.05) is 249 Å². The van der Waals surface area contributed by atoms with Crippen molar-refractivity contribution in [2.24, 2.45) is 14.1 Å². The molecule has 0 saturated heterocycles. The third kappa shape index (κ3) is 33.6. The molecule has 7 aromatic heterocycles. The topological polar surface area (TPSA) is 95.3 Å². The maximum absolute atomic E-state index is 4.54. The van der Waals surface area contributed by atoms with Crippen molar-refractivity contribution in [3.8, 4) is 17.1 Å². The zero-order valence-electron chi connectivity index (χ0n) is 96.0. The van der Waals surface area contributed by atoms with Crippen LogP contribution in [0.5, 0.6) is 0 Å². The van der Waals surface area contributed by atoms with Gasteiger partial charge in [-0.05, 0) is 188 Å². The van der Waals surface area contributed by atoms with Crippen molar-refractivity contribution in [1.82, 2.24) is 29.1 Å². The summed E-state index contributed by atoms with van der Waals surface area (Å²) in [7, 11) is 12.7. The minimum atomic E-state index is 0. The Morgan fingerprint density at radius 3 is 1.05 bits per heavy atom. The second kappa shape index (κ2) is 75.9. The van der Waals surface area contributed by atoms with Gasteiger partial charge in [0.1, 0.15) is 59.6 Å². The molecular weight excluding hydrogens is 1760 g/mol. The van der Waals surface area contributed by atoms with Crippen molar-refractivity contribution < 1.29 is 8.97 Å². The number of hydrogen-bond donors (Lipinski definition) is 0. The van der Waals surface area contributed by atoms with E-state index in [-0.39, 0.29) is 42.0 Å². The van der Waals surface area contributed by atoms with Crippen LogP contribution in [0, 0.1) is 55.4 Å². The fourth-order valence-corrected chi connectivity index (χ4v) is 16.1. The normalized spacial score (nSPS) is 12.7. The van der Waals surface area contributed by atoms with E-state index >= 15 is 0 Å². The standard InChI is InChI=1S/C18H17N2.C18H19N2.4C15H17N3.14C2H6.4CH4/c1-12-7-6-9-15-14-8-4-5-10-16(14)20-11-13(2)19(3)18(20)17(12)15;1-14-9-7-8-12-17(14)18-19(3)15(2)13-20(18)16-10-5-4-6-11-16;1-11-7-4-5-8-13(11)18-12(2)17(3)15-14(18)9-6-10-16-15;1-11-7-4-5-8-13(11)18-12(2)17(3)14-9-6-10-16-15(14)18;1-11-6-4-5-7-13(11)18-12(2)17(3)15-10-16-9-8-14(15)18;1-11-6-4-5-7-13(11)18-12(2)17(3)14-8-9-16-10-15(14)18;14*1-2;;;;/h4-11H,1-3H3;4-13H,1-3H3;4*4-10,12H,1-3H3;14*1-2H3;4*1H4/q2*+1;;;;;;;;;;;;;;;;;;;;;;/t;;4*12-;;;;;;;;;;;;;;;;;;/m..0000................../s1. The van der Waals surface area contributed by atoms with Crippen LogP contribution in [-0.2, 0) is 14.1 Å². The molecule has 0 saturated carbocycles.